The van der Waals surface area contributed by atoms with Gasteiger partial charge in [0.05, 0.1) is 5.02 Å². The van der Waals surface area contributed by atoms with Gasteiger partial charge in [0, 0.05) is 17.1 Å². The summed E-state index contributed by atoms with van der Waals surface area (Å²) in [6.45, 7) is 5.94. The van der Waals surface area contributed by atoms with Crippen molar-refractivity contribution in [3.05, 3.63) is 27.7 Å². The van der Waals surface area contributed by atoms with Crippen molar-refractivity contribution in [3.63, 3.8) is 0 Å². The average Bonchev–Trinajstić information content (AvgIpc) is 2.23. The molecule has 0 heterocycles. The predicted molar refractivity (Wildman–Crippen MR) is 73.9 cm³/mol. The second kappa shape index (κ2) is 7.10. The molecule has 1 rings (SSSR count). The summed E-state index contributed by atoms with van der Waals surface area (Å²) in [5.74, 6) is 0.846. The van der Waals surface area contributed by atoms with Crippen LogP contribution in [0.1, 0.15) is 32.3 Å². The van der Waals surface area contributed by atoms with E-state index in [0.717, 1.165) is 24.4 Å². The van der Waals surface area contributed by atoms with Gasteiger partial charge in [0.25, 0.3) is 0 Å². The van der Waals surface area contributed by atoms with E-state index in [1.807, 2.05) is 0 Å². The summed E-state index contributed by atoms with van der Waals surface area (Å²) < 4.78 is 0. The monoisotopic (exact) mass is 275 g/mol. The zero-order chi connectivity index (χ0) is 12.8. The van der Waals surface area contributed by atoms with Gasteiger partial charge in [-0.25, -0.2) is 0 Å². The van der Waals surface area contributed by atoms with Crippen molar-refractivity contribution >= 4 is 23.2 Å². The Hall–Kier alpha value is -0.440. The van der Waals surface area contributed by atoms with E-state index in [1.165, 1.54) is 6.42 Å². The third kappa shape index (κ3) is 5.15. The summed E-state index contributed by atoms with van der Waals surface area (Å²) >= 11 is 11.7. The van der Waals surface area contributed by atoms with Crippen molar-refractivity contribution in [1.82, 2.24) is 5.32 Å². The minimum absolute atomic E-state index is 0.118. The summed E-state index contributed by atoms with van der Waals surface area (Å²) in [5, 5.41) is 13.9. The Labute approximate surface area is 113 Å². The van der Waals surface area contributed by atoms with Crippen molar-refractivity contribution in [3.8, 4) is 5.75 Å². The molecule has 17 heavy (non-hydrogen) atoms. The topological polar surface area (TPSA) is 32.3 Å². The average molecular weight is 276 g/mol. The molecule has 0 spiro atoms. The predicted octanol–water partition coefficient (Wildman–Crippen LogP) is 4.22. The van der Waals surface area contributed by atoms with Gasteiger partial charge in [-0.1, -0.05) is 37.0 Å². The van der Waals surface area contributed by atoms with Crippen LogP contribution in [0.5, 0.6) is 5.75 Å². The number of phenolic OH excluding ortho intramolecular Hbond substituents is 1. The van der Waals surface area contributed by atoms with Gasteiger partial charge in [0.2, 0.25) is 0 Å². The molecule has 0 aliphatic carbocycles. The fraction of sp³-hybridized carbons (Fsp3) is 0.538. The maximum atomic E-state index is 9.74. The van der Waals surface area contributed by atoms with Crippen molar-refractivity contribution in [2.75, 3.05) is 6.54 Å². The highest BCUT2D eigenvalue weighted by Crippen LogP contribution is 2.30. The first-order chi connectivity index (χ1) is 8.00. The van der Waals surface area contributed by atoms with Crippen LogP contribution in [0.15, 0.2) is 12.1 Å². The number of aromatic hydroxyl groups is 1. The summed E-state index contributed by atoms with van der Waals surface area (Å²) in [6.07, 6.45) is 2.34. The Morgan fingerprint density at radius 3 is 2.65 bits per heavy atom. The maximum Gasteiger partial charge on any atom is 0.138 e. The van der Waals surface area contributed by atoms with Gasteiger partial charge in [0.15, 0.2) is 0 Å². The Morgan fingerprint density at radius 1 is 1.29 bits per heavy atom. The molecular formula is C13H19Cl2NO. The second-order valence-electron chi connectivity index (χ2n) is 4.61. The molecular weight excluding hydrogens is 257 g/mol. The van der Waals surface area contributed by atoms with Crippen molar-refractivity contribution in [1.29, 1.82) is 0 Å². The standard InChI is InChI=1S/C13H19Cl2NO/c1-9(2)4-3-5-16-8-10-6-11(14)7-12(15)13(10)17/h6-7,9,16-17H,3-5,8H2,1-2H3. The lowest BCUT2D eigenvalue weighted by molar-refractivity contribution is 0.462. The van der Waals surface area contributed by atoms with Crippen molar-refractivity contribution in [2.24, 2.45) is 5.92 Å². The number of rotatable bonds is 6. The van der Waals surface area contributed by atoms with Gasteiger partial charge in [-0.2, -0.15) is 0 Å². The molecule has 0 atom stereocenters. The zero-order valence-corrected chi connectivity index (χ0v) is 11.8. The Balaban J connectivity index is 2.41. The molecule has 0 aliphatic rings. The van der Waals surface area contributed by atoms with Crippen molar-refractivity contribution < 1.29 is 5.11 Å². The lowest BCUT2D eigenvalue weighted by Gasteiger charge is -2.09. The van der Waals surface area contributed by atoms with Crippen molar-refractivity contribution in [2.45, 2.75) is 33.2 Å². The molecule has 4 heteroatoms. The van der Waals surface area contributed by atoms with E-state index in [9.17, 15) is 5.11 Å². The van der Waals surface area contributed by atoms with Crippen LogP contribution >= 0.6 is 23.2 Å². The van der Waals surface area contributed by atoms with Crippen LogP contribution in [-0.4, -0.2) is 11.7 Å². The van der Waals surface area contributed by atoms with Crippen LogP contribution in [0, 0.1) is 5.92 Å². The first kappa shape index (κ1) is 14.6. The minimum Gasteiger partial charge on any atom is -0.506 e. The largest absolute Gasteiger partial charge is 0.506 e. The number of hydrogen-bond acceptors (Lipinski definition) is 2. The van der Waals surface area contributed by atoms with E-state index in [4.69, 9.17) is 23.2 Å². The second-order valence-corrected chi connectivity index (χ2v) is 5.45. The number of nitrogens with one attached hydrogen (secondary N) is 1. The number of hydrogen-bond donors (Lipinski definition) is 2. The van der Waals surface area contributed by atoms with Crippen LogP contribution in [0.25, 0.3) is 0 Å². The maximum absolute atomic E-state index is 9.74. The molecule has 96 valence electrons. The lowest BCUT2D eigenvalue weighted by atomic mass is 10.1. The third-order valence-corrected chi connectivity index (χ3v) is 3.06. The Morgan fingerprint density at radius 2 is 2.00 bits per heavy atom. The van der Waals surface area contributed by atoms with Gasteiger partial charge >= 0.3 is 0 Å². The van der Waals surface area contributed by atoms with Gasteiger partial charge in [-0.05, 0) is 37.4 Å². The molecule has 0 saturated carbocycles. The molecule has 0 saturated heterocycles. The smallest absolute Gasteiger partial charge is 0.138 e. The summed E-state index contributed by atoms with van der Waals surface area (Å²) in [7, 11) is 0. The molecule has 2 nitrogen and oxygen atoms in total. The molecule has 0 radical (unpaired) electrons. The van der Waals surface area contributed by atoms with Crippen LogP contribution < -0.4 is 5.32 Å². The van der Waals surface area contributed by atoms with Crippen LogP contribution in [0.4, 0.5) is 0 Å². The molecule has 0 unspecified atom stereocenters. The van der Waals surface area contributed by atoms with E-state index in [-0.39, 0.29) is 5.75 Å². The quantitative estimate of drug-likeness (QED) is 0.762. The van der Waals surface area contributed by atoms with E-state index >= 15 is 0 Å². The molecule has 0 aliphatic heterocycles. The Bertz CT molecular complexity index is 367. The fourth-order valence-electron chi connectivity index (χ4n) is 1.61. The number of phenols is 1. The molecule has 0 aromatic heterocycles. The number of benzene rings is 1. The zero-order valence-electron chi connectivity index (χ0n) is 10.3. The lowest BCUT2D eigenvalue weighted by Crippen LogP contribution is -2.15. The molecule has 1 aromatic rings. The summed E-state index contributed by atoms with van der Waals surface area (Å²) in [4.78, 5) is 0. The highest BCUT2D eigenvalue weighted by molar-refractivity contribution is 6.35. The van der Waals surface area contributed by atoms with Crippen LogP contribution in [-0.2, 0) is 6.54 Å². The van der Waals surface area contributed by atoms with E-state index in [2.05, 4.69) is 19.2 Å². The minimum atomic E-state index is 0.118. The van der Waals surface area contributed by atoms with Crippen LogP contribution in [0.2, 0.25) is 10.0 Å². The molecule has 0 fully saturated rings. The highest BCUT2D eigenvalue weighted by atomic mass is 35.5. The van der Waals surface area contributed by atoms with Crippen LogP contribution in [0.3, 0.4) is 0 Å². The summed E-state index contributed by atoms with van der Waals surface area (Å²) in [6, 6.07) is 3.28. The SMILES string of the molecule is CC(C)CCCNCc1cc(Cl)cc(Cl)c1O. The molecule has 1 aromatic carbocycles. The molecule has 2 N–H and O–H groups in total. The molecule has 0 amide bonds. The Kier molecular flexibility index (Phi) is 6.10. The summed E-state index contributed by atoms with van der Waals surface area (Å²) in [5.41, 5.74) is 0.743. The van der Waals surface area contributed by atoms with Gasteiger partial charge in [-0.3, -0.25) is 0 Å². The third-order valence-electron chi connectivity index (χ3n) is 2.56. The van der Waals surface area contributed by atoms with Gasteiger partial charge < -0.3 is 10.4 Å². The van der Waals surface area contributed by atoms with Gasteiger partial charge in [0.1, 0.15) is 5.75 Å². The first-order valence-corrected chi connectivity index (χ1v) is 6.64. The highest BCUT2D eigenvalue weighted by Gasteiger charge is 2.07. The number of halogens is 2. The molecule has 0 bridgehead atoms. The fourth-order valence-corrected chi connectivity index (χ4v) is 2.15. The van der Waals surface area contributed by atoms with Gasteiger partial charge in [-0.15, -0.1) is 0 Å². The van der Waals surface area contributed by atoms with E-state index < -0.39 is 0 Å². The normalized spacial score (nSPS) is 11.1. The first-order valence-electron chi connectivity index (χ1n) is 5.88. The van der Waals surface area contributed by atoms with E-state index in [0.29, 0.717) is 16.6 Å². The van der Waals surface area contributed by atoms with E-state index in [1.54, 1.807) is 12.1 Å².